The molecule has 8 heteroatoms. The van der Waals surface area contributed by atoms with Crippen LogP contribution in [0, 0.1) is 5.82 Å². The van der Waals surface area contributed by atoms with Gasteiger partial charge in [0.1, 0.15) is 5.82 Å². The fourth-order valence-corrected chi connectivity index (χ4v) is 5.94. The molecule has 2 atom stereocenters. The average molecular weight is 556 g/mol. The van der Waals surface area contributed by atoms with E-state index < -0.39 is 12.0 Å². The lowest BCUT2D eigenvalue weighted by Crippen LogP contribution is -2.38. The minimum absolute atomic E-state index is 0.102. The van der Waals surface area contributed by atoms with Crippen LogP contribution in [0.4, 0.5) is 21.5 Å². The number of allylic oxidation sites excluding steroid dienone is 1. The molecular weight excluding hydrogens is 521 g/mol. The van der Waals surface area contributed by atoms with Gasteiger partial charge in [0.25, 0.3) is 0 Å². The zero-order valence-electron chi connectivity index (χ0n) is 23.3. The average Bonchev–Trinajstić information content (AvgIpc) is 3.12. The number of benzene rings is 3. The Labute approximate surface area is 239 Å². The molecule has 7 nitrogen and oxygen atoms in total. The number of fused-ring (bicyclic) bond motifs is 1. The van der Waals surface area contributed by atoms with E-state index in [0.717, 1.165) is 35.6 Å². The van der Waals surface area contributed by atoms with Crippen LogP contribution >= 0.6 is 0 Å². The molecule has 0 saturated carbocycles. The molecule has 1 aliphatic carbocycles. The van der Waals surface area contributed by atoms with E-state index in [1.54, 1.807) is 17.0 Å². The van der Waals surface area contributed by atoms with E-state index in [1.807, 2.05) is 48.5 Å². The van der Waals surface area contributed by atoms with Crippen LogP contribution in [0.2, 0.25) is 0 Å². The predicted molar refractivity (Wildman–Crippen MR) is 158 cm³/mol. The number of Topliss-reactive ketones (excluding diaryl/α,β-unsaturated/α-hetero) is 1. The molecule has 1 amide bonds. The number of ketones is 1. The van der Waals surface area contributed by atoms with Crippen molar-refractivity contribution >= 4 is 34.7 Å². The lowest BCUT2D eigenvalue weighted by atomic mass is 9.78. The highest BCUT2D eigenvalue weighted by Gasteiger charge is 2.41. The number of carboxylic acid groups (broad SMARTS) is 1. The second kappa shape index (κ2) is 12.0. The summed E-state index contributed by atoms with van der Waals surface area (Å²) in [5.74, 6) is -2.02. The number of para-hydroxylation sites is 2. The Bertz CT molecular complexity index is 1480. The fourth-order valence-electron chi connectivity index (χ4n) is 5.94. The first kappa shape index (κ1) is 28.1. The smallest absolute Gasteiger partial charge is 0.303 e. The van der Waals surface area contributed by atoms with Gasteiger partial charge in [0, 0.05) is 42.9 Å². The Morgan fingerprint density at radius 1 is 0.927 bits per heavy atom. The largest absolute Gasteiger partial charge is 0.481 e. The molecule has 0 radical (unpaired) electrons. The van der Waals surface area contributed by atoms with Gasteiger partial charge in [-0.25, -0.2) is 4.39 Å². The molecular formula is C33H34FN3O4. The van der Waals surface area contributed by atoms with Gasteiger partial charge < -0.3 is 15.3 Å². The van der Waals surface area contributed by atoms with Gasteiger partial charge in [-0.2, -0.15) is 0 Å². The minimum Gasteiger partial charge on any atom is -0.481 e. The van der Waals surface area contributed by atoms with E-state index in [1.165, 1.54) is 12.1 Å². The molecule has 0 bridgehead atoms. The number of rotatable bonds is 8. The second-order valence-corrected chi connectivity index (χ2v) is 10.4. The van der Waals surface area contributed by atoms with Gasteiger partial charge in [-0.05, 0) is 73.7 Å². The first-order chi connectivity index (χ1) is 19.8. The third kappa shape index (κ3) is 5.73. The van der Waals surface area contributed by atoms with Gasteiger partial charge in [0.2, 0.25) is 5.91 Å². The number of nitrogens with one attached hydrogen (secondary N) is 1. The second-order valence-electron chi connectivity index (χ2n) is 10.4. The number of carbonyl (C=O) groups is 3. The van der Waals surface area contributed by atoms with Crippen molar-refractivity contribution in [2.45, 2.75) is 51.5 Å². The molecule has 5 rings (SSSR count). The summed E-state index contributed by atoms with van der Waals surface area (Å²) in [7, 11) is 0. The van der Waals surface area contributed by atoms with E-state index in [2.05, 4.69) is 24.1 Å². The summed E-state index contributed by atoms with van der Waals surface area (Å²) in [6.07, 6.45) is 0.206. The van der Waals surface area contributed by atoms with Gasteiger partial charge in [-0.3, -0.25) is 19.3 Å². The lowest BCUT2D eigenvalue weighted by molar-refractivity contribution is -0.138. The number of hydrogen-bond donors (Lipinski definition) is 2. The minimum atomic E-state index is -1.06. The summed E-state index contributed by atoms with van der Waals surface area (Å²) in [6.45, 7) is 5.86. The molecule has 1 heterocycles. The molecule has 3 aromatic carbocycles. The maximum atomic E-state index is 14.1. The molecule has 0 saturated heterocycles. The van der Waals surface area contributed by atoms with Crippen molar-refractivity contribution in [3.63, 3.8) is 0 Å². The van der Waals surface area contributed by atoms with Crippen molar-refractivity contribution < 1.29 is 23.9 Å². The fraction of sp³-hybridized carbons (Fsp3) is 0.303. The summed E-state index contributed by atoms with van der Waals surface area (Å²) < 4.78 is 13.6. The molecule has 3 aromatic rings. The van der Waals surface area contributed by atoms with Crippen molar-refractivity contribution in [1.29, 1.82) is 0 Å². The molecule has 2 N–H and O–H groups in total. The summed E-state index contributed by atoms with van der Waals surface area (Å²) >= 11 is 0. The van der Waals surface area contributed by atoms with Crippen LogP contribution in [0.3, 0.4) is 0 Å². The lowest BCUT2D eigenvalue weighted by Gasteiger charge is -2.35. The Morgan fingerprint density at radius 3 is 2.24 bits per heavy atom. The van der Waals surface area contributed by atoms with Crippen molar-refractivity contribution in [3.8, 4) is 0 Å². The molecule has 212 valence electrons. The molecule has 0 fully saturated rings. The Kier molecular flexibility index (Phi) is 8.19. The first-order valence-corrected chi connectivity index (χ1v) is 14.1. The third-order valence-electron chi connectivity index (χ3n) is 7.99. The number of carboxylic acids is 1. The summed E-state index contributed by atoms with van der Waals surface area (Å²) in [5, 5.41) is 12.8. The van der Waals surface area contributed by atoms with Crippen molar-refractivity contribution in [2.24, 2.45) is 0 Å². The third-order valence-corrected chi connectivity index (χ3v) is 7.99. The molecule has 0 spiro atoms. The van der Waals surface area contributed by atoms with Gasteiger partial charge in [-0.15, -0.1) is 0 Å². The van der Waals surface area contributed by atoms with E-state index in [-0.39, 0.29) is 42.7 Å². The Morgan fingerprint density at radius 2 is 1.59 bits per heavy atom. The number of hydrogen-bond acceptors (Lipinski definition) is 5. The Balaban J connectivity index is 1.66. The molecule has 0 unspecified atom stereocenters. The van der Waals surface area contributed by atoms with Crippen molar-refractivity contribution in [2.75, 3.05) is 28.2 Å². The van der Waals surface area contributed by atoms with Crippen LogP contribution in [-0.4, -0.2) is 35.9 Å². The van der Waals surface area contributed by atoms with Crippen LogP contribution in [-0.2, 0) is 14.4 Å². The zero-order chi connectivity index (χ0) is 29.1. The van der Waals surface area contributed by atoms with Gasteiger partial charge >= 0.3 is 5.97 Å². The van der Waals surface area contributed by atoms with E-state index in [4.69, 9.17) is 0 Å². The molecule has 2 aliphatic rings. The summed E-state index contributed by atoms with van der Waals surface area (Å²) in [5.41, 5.74) is 5.15. The summed E-state index contributed by atoms with van der Waals surface area (Å²) in [4.78, 5) is 43.1. The number of halogens is 1. The maximum Gasteiger partial charge on any atom is 0.303 e. The molecule has 41 heavy (non-hydrogen) atoms. The van der Waals surface area contributed by atoms with E-state index in [0.29, 0.717) is 23.4 Å². The summed E-state index contributed by atoms with van der Waals surface area (Å²) in [6, 6.07) is 20.8. The highest BCUT2D eigenvalue weighted by molar-refractivity contribution is 6.06. The number of amides is 1. The quantitative estimate of drug-likeness (QED) is 0.333. The number of carbonyl (C=O) groups excluding carboxylic acids is 2. The van der Waals surface area contributed by atoms with Crippen LogP contribution in [0.1, 0.15) is 62.6 Å². The van der Waals surface area contributed by atoms with Crippen LogP contribution < -0.4 is 15.1 Å². The predicted octanol–water partition coefficient (Wildman–Crippen LogP) is 6.44. The number of anilines is 3. The van der Waals surface area contributed by atoms with E-state index >= 15 is 0 Å². The molecule has 1 aliphatic heterocycles. The highest BCUT2D eigenvalue weighted by Crippen LogP contribution is 2.47. The van der Waals surface area contributed by atoms with Gasteiger partial charge in [0.05, 0.1) is 23.8 Å². The normalized spacial score (nSPS) is 18.2. The van der Waals surface area contributed by atoms with Gasteiger partial charge in [0.15, 0.2) is 5.78 Å². The zero-order valence-corrected chi connectivity index (χ0v) is 23.3. The maximum absolute atomic E-state index is 14.1. The van der Waals surface area contributed by atoms with E-state index in [9.17, 15) is 23.9 Å². The van der Waals surface area contributed by atoms with Crippen LogP contribution in [0.15, 0.2) is 84.1 Å². The number of aliphatic carboxylic acids is 1. The van der Waals surface area contributed by atoms with Crippen molar-refractivity contribution in [1.82, 2.24) is 0 Å². The standard InChI is InChI=1S/C33H34FN3O4/c1-3-36(4-2)25-15-11-22(12-16-25)33-32-27(19-23(20-29(32)38)21-9-13-24(34)14-10-21)35-26-7-5-6-8-28(26)37(33)30(39)17-18-31(40)41/h5-16,23,33,35H,3-4,17-20H2,1-2H3,(H,40,41)/t23-,33+/m1/s1. The first-order valence-electron chi connectivity index (χ1n) is 14.1. The highest BCUT2D eigenvalue weighted by atomic mass is 19.1. The van der Waals surface area contributed by atoms with Crippen LogP contribution in [0.25, 0.3) is 0 Å². The van der Waals surface area contributed by atoms with Crippen molar-refractivity contribution in [3.05, 3.63) is 101 Å². The topological polar surface area (TPSA) is 90.0 Å². The van der Waals surface area contributed by atoms with Gasteiger partial charge in [-0.1, -0.05) is 36.4 Å². The monoisotopic (exact) mass is 555 g/mol. The SMILES string of the molecule is CCN(CC)c1ccc([C@H]2C3=C(C[C@@H](c4ccc(F)cc4)CC3=O)Nc3ccccc3N2C(=O)CCC(=O)O)cc1. The Hall–Kier alpha value is -4.46. The van der Waals surface area contributed by atoms with Crippen LogP contribution in [0.5, 0.6) is 0 Å². The number of nitrogens with zero attached hydrogens (tertiary/aromatic N) is 2. The molecule has 0 aromatic heterocycles.